The molecule has 178 valence electrons. The number of benzene rings is 3. The summed E-state index contributed by atoms with van der Waals surface area (Å²) < 4.78 is 32.8. The quantitative estimate of drug-likeness (QED) is 0.360. The maximum atomic E-state index is 12.6. The minimum atomic E-state index is -3.78. The molecule has 0 aromatic heterocycles. The van der Waals surface area contributed by atoms with Crippen LogP contribution in [-0.4, -0.2) is 40.0 Å². The van der Waals surface area contributed by atoms with Crippen molar-refractivity contribution in [1.82, 2.24) is 5.32 Å². The molecular formula is C25H27N3O5S. The molecule has 34 heavy (non-hydrogen) atoms. The van der Waals surface area contributed by atoms with Gasteiger partial charge in [-0.2, -0.15) is 0 Å². The maximum absolute atomic E-state index is 12.6. The van der Waals surface area contributed by atoms with Crippen molar-refractivity contribution in [2.75, 3.05) is 29.8 Å². The number of sulfonamides is 1. The Balaban J connectivity index is 1.60. The van der Waals surface area contributed by atoms with Gasteiger partial charge in [-0.25, -0.2) is 8.42 Å². The number of anilines is 2. The van der Waals surface area contributed by atoms with E-state index in [4.69, 9.17) is 4.74 Å². The van der Waals surface area contributed by atoms with Crippen molar-refractivity contribution in [3.63, 3.8) is 0 Å². The third kappa shape index (κ3) is 7.16. The molecule has 0 fully saturated rings. The molecule has 3 aromatic carbocycles. The zero-order chi connectivity index (χ0) is 24.4. The first kappa shape index (κ1) is 24.9. The highest BCUT2D eigenvalue weighted by Gasteiger charge is 2.15. The summed E-state index contributed by atoms with van der Waals surface area (Å²) >= 11 is 0. The van der Waals surface area contributed by atoms with Crippen LogP contribution in [0.25, 0.3) is 0 Å². The first-order chi connectivity index (χ1) is 16.4. The van der Waals surface area contributed by atoms with Crippen LogP contribution < -0.4 is 15.4 Å². The minimum Gasteiger partial charge on any atom is -0.382 e. The van der Waals surface area contributed by atoms with Crippen molar-refractivity contribution in [3.05, 3.63) is 90.0 Å². The highest BCUT2D eigenvalue weighted by atomic mass is 32.2. The van der Waals surface area contributed by atoms with Gasteiger partial charge in [-0.15, -0.1) is 0 Å². The topological polar surface area (TPSA) is 114 Å². The van der Waals surface area contributed by atoms with Gasteiger partial charge in [-0.1, -0.05) is 24.3 Å². The molecule has 3 rings (SSSR count). The molecule has 2 amide bonds. The van der Waals surface area contributed by atoms with Crippen LogP contribution in [-0.2, 0) is 14.8 Å². The Kier molecular flexibility index (Phi) is 8.78. The van der Waals surface area contributed by atoms with E-state index < -0.39 is 15.9 Å². The lowest BCUT2D eigenvalue weighted by molar-refractivity contribution is 0.0943. The molecule has 0 saturated heterocycles. The van der Waals surface area contributed by atoms with Crippen molar-refractivity contribution >= 4 is 33.2 Å². The van der Waals surface area contributed by atoms with Crippen LogP contribution in [0.4, 0.5) is 11.4 Å². The molecule has 0 heterocycles. The first-order valence-electron chi connectivity index (χ1n) is 10.8. The third-order valence-corrected chi connectivity index (χ3v) is 6.19. The Morgan fingerprint density at radius 3 is 2.24 bits per heavy atom. The second kappa shape index (κ2) is 12.0. The van der Waals surface area contributed by atoms with Crippen LogP contribution in [0.2, 0.25) is 0 Å². The van der Waals surface area contributed by atoms with E-state index in [9.17, 15) is 18.0 Å². The number of nitrogens with one attached hydrogen (secondary N) is 3. The lowest BCUT2D eigenvalue weighted by atomic mass is 10.1. The van der Waals surface area contributed by atoms with E-state index in [1.165, 1.54) is 24.3 Å². The summed E-state index contributed by atoms with van der Waals surface area (Å²) in [6.45, 7) is 3.62. The molecule has 0 spiro atoms. The molecule has 0 saturated carbocycles. The van der Waals surface area contributed by atoms with Crippen LogP contribution in [0.1, 0.15) is 34.1 Å². The van der Waals surface area contributed by atoms with Gasteiger partial charge in [-0.3, -0.25) is 14.3 Å². The Labute approximate surface area is 199 Å². The molecule has 3 aromatic rings. The summed E-state index contributed by atoms with van der Waals surface area (Å²) in [7, 11) is -3.78. The molecule has 0 bridgehead atoms. The van der Waals surface area contributed by atoms with Gasteiger partial charge in [0.15, 0.2) is 0 Å². The number of hydrogen-bond donors (Lipinski definition) is 3. The van der Waals surface area contributed by atoms with Gasteiger partial charge >= 0.3 is 0 Å². The number of rotatable bonds is 11. The van der Waals surface area contributed by atoms with Crippen LogP contribution in [0.15, 0.2) is 83.8 Å². The number of carbonyl (C=O) groups is 2. The van der Waals surface area contributed by atoms with Crippen LogP contribution >= 0.6 is 0 Å². The normalized spacial score (nSPS) is 11.0. The number of ether oxygens (including phenoxy) is 1. The second-order valence-corrected chi connectivity index (χ2v) is 9.02. The Hall–Kier alpha value is -3.69. The molecule has 0 aliphatic rings. The van der Waals surface area contributed by atoms with Crippen molar-refractivity contribution in [1.29, 1.82) is 0 Å². The molecule has 9 heteroatoms. The summed E-state index contributed by atoms with van der Waals surface area (Å²) in [5.74, 6) is -0.665. The van der Waals surface area contributed by atoms with E-state index in [0.717, 1.165) is 0 Å². The summed E-state index contributed by atoms with van der Waals surface area (Å²) in [5.41, 5.74) is 1.60. The molecule has 0 radical (unpaired) electrons. The van der Waals surface area contributed by atoms with E-state index in [-0.39, 0.29) is 16.4 Å². The zero-order valence-electron chi connectivity index (χ0n) is 18.8. The lowest BCUT2D eigenvalue weighted by Gasteiger charge is -2.10. The van der Waals surface area contributed by atoms with Gasteiger partial charge in [0.2, 0.25) is 0 Å². The molecule has 3 N–H and O–H groups in total. The van der Waals surface area contributed by atoms with Crippen LogP contribution in [0.5, 0.6) is 0 Å². The molecular weight excluding hydrogens is 454 g/mol. The molecule has 0 aliphatic heterocycles. The SMILES string of the molecule is CCOCCCNC(=O)c1cccc(NC(=O)c2ccc(S(=O)(=O)Nc3ccccc3)cc2)c1. The summed E-state index contributed by atoms with van der Waals surface area (Å²) in [6.07, 6.45) is 0.711. The molecule has 0 atom stereocenters. The standard InChI is InChI=1S/C25H27N3O5S/c1-2-33-17-7-16-26-24(29)20-8-6-11-22(18-20)27-25(30)19-12-14-23(15-13-19)34(31,32)28-21-9-4-3-5-10-21/h3-6,8-15,18,28H,2,7,16-17H2,1H3,(H,26,29)(H,27,30). The van der Waals surface area contributed by atoms with Crippen LogP contribution in [0.3, 0.4) is 0 Å². The highest BCUT2D eigenvalue weighted by Crippen LogP contribution is 2.18. The Bertz CT molecular complexity index is 1210. The van der Waals surface area contributed by atoms with Gasteiger partial charge in [-0.05, 0) is 67.9 Å². The largest absolute Gasteiger partial charge is 0.382 e. The maximum Gasteiger partial charge on any atom is 0.261 e. The van der Waals surface area contributed by atoms with Gasteiger partial charge in [0, 0.05) is 42.3 Å². The van der Waals surface area contributed by atoms with E-state index in [1.807, 2.05) is 6.92 Å². The van der Waals surface area contributed by atoms with E-state index in [1.54, 1.807) is 54.6 Å². The third-order valence-electron chi connectivity index (χ3n) is 4.79. The van der Waals surface area contributed by atoms with E-state index in [0.29, 0.717) is 43.1 Å². The van der Waals surface area contributed by atoms with Crippen molar-refractivity contribution in [2.45, 2.75) is 18.2 Å². The fraction of sp³-hybridized carbons (Fsp3) is 0.200. The number of para-hydroxylation sites is 1. The zero-order valence-corrected chi connectivity index (χ0v) is 19.6. The minimum absolute atomic E-state index is 0.0379. The van der Waals surface area contributed by atoms with Crippen molar-refractivity contribution < 1.29 is 22.7 Å². The average molecular weight is 482 g/mol. The molecule has 0 unspecified atom stereocenters. The van der Waals surface area contributed by atoms with Gasteiger partial charge in [0.25, 0.3) is 21.8 Å². The molecule has 0 aliphatic carbocycles. The van der Waals surface area contributed by atoms with Crippen LogP contribution in [0, 0.1) is 0 Å². The Morgan fingerprint density at radius 1 is 0.824 bits per heavy atom. The number of carbonyl (C=O) groups excluding carboxylic acids is 2. The molecule has 8 nitrogen and oxygen atoms in total. The fourth-order valence-electron chi connectivity index (χ4n) is 3.07. The van der Waals surface area contributed by atoms with Crippen molar-refractivity contribution in [2.24, 2.45) is 0 Å². The number of hydrogen-bond acceptors (Lipinski definition) is 5. The predicted molar refractivity (Wildman–Crippen MR) is 132 cm³/mol. The number of amides is 2. The fourth-order valence-corrected chi connectivity index (χ4v) is 4.13. The predicted octanol–water partition coefficient (Wildman–Crippen LogP) is 3.90. The van der Waals surface area contributed by atoms with Gasteiger partial charge in [0.1, 0.15) is 0 Å². The van der Waals surface area contributed by atoms with Gasteiger partial charge < -0.3 is 15.4 Å². The average Bonchev–Trinajstić information content (AvgIpc) is 2.84. The lowest BCUT2D eigenvalue weighted by Crippen LogP contribution is -2.25. The summed E-state index contributed by atoms with van der Waals surface area (Å²) in [4.78, 5) is 25.0. The summed E-state index contributed by atoms with van der Waals surface area (Å²) in [5, 5.41) is 5.54. The van der Waals surface area contributed by atoms with Gasteiger partial charge in [0.05, 0.1) is 4.90 Å². The van der Waals surface area contributed by atoms with E-state index >= 15 is 0 Å². The van der Waals surface area contributed by atoms with Crippen molar-refractivity contribution in [3.8, 4) is 0 Å². The summed E-state index contributed by atoms with van der Waals surface area (Å²) in [6, 6.07) is 20.7. The van der Waals surface area contributed by atoms with E-state index in [2.05, 4.69) is 15.4 Å². The monoisotopic (exact) mass is 481 g/mol. The smallest absolute Gasteiger partial charge is 0.261 e. The highest BCUT2D eigenvalue weighted by molar-refractivity contribution is 7.92. The Morgan fingerprint density at radius 2 is 1.53 bits per heavy atom. The second-order valence-electron chi connectivity index (χ2n) is 7.34. The first-order valence-corrected chi connectivity index (χ1v) is 12.3.